The third-order valence-electron chi connectivity index (χ3n) is 4.60. The number of aromatic nitrogens is 2. The maximum absolute atomic E-state index is 13.8. The molecule has 1 aromatic heterocycles. The Bertz CT molecular complexity index is 1170. The summed E-state index contributed by atoms with van der Waals surface area (Å²) in [4.78, 5) is 32.1. The number of thioether (sulfide) groups is 1. The van der Waals surface area contributed by atoms with Crippen molar-refractivity contribution in [2.24, 2.45) is 0 Å². The highest BCUT2D eigenvalue weighted by Crippen LogP contribution is 2.37. The van der Waals surface area contributed by atoms with E-state index < -0.39 is 5.92 Å². The molecule has 4 rings (SSSR count). The van der Waals surface area contributed by atoms with Gasteiger partial charge < -0.3 is 10.3 Å². The van der Waals surface area contributed by atoms with Crippen LogP contribution in [0.25, 0.3) is 0 Å². The van der Waals surface area contributed by atoms with E-state index in [0.29, 0.717) is 37.6 Å². The van der Waals surface area contributed by atoms with Crippen LogP contribution in [0.3, 0.4) is 0 Å². The van der Waals surface area contributed by atoms with E-state index in [4.69, 9.17) is 23.2 Å². The summed E-state index contributed by atoms with van der Waals surface area (Å²) in [5.41, 5.74) is 1.20. The third-order valence-corrected chi connectivity index (χ3v) is 6.26. The first-order chi connectivity index (χ1) is 13.9. The van der Waals surface area contributed by atoms with Crippen molar-refractivity contribution in [1.29, 1.82) is 0 Å². The number of anilines is 1. The molecular weight excluding hydrogens is 436 g/mol. The normalized spacial score (nSPS) is 15.7. The largest absolute Gasteiger partial charge is 0.310 e. The first-order valence-electron chi connectivity index (χ1n) is 8.67. The molecule has 2 aromatic carbocycles. The predicted octanol–water partition coefficient (Wildman–Crippen LogP) is 4.98. The molecule has 1 aliphatic heterocycles. The van der Waals surface area contributed by atoms with Crippen LogP contribution in [0, 0.1) is 5.82 Å². The highest BCUT2D eigenvalue weighted by Gasteiger charge is 2.31. The van der Waals surface area contributed by atoms with Crippen LogP contribution in [-0.2, 0) is 10.5 Å². The number of carbonyl (C=O) groups excluding carboxylic acids is 1. The van der Waals surface area contributed by atoms with Crippen LogP contribution in [0.1, 0.15) is 29.0 Å². The lowest BCUT2D eigenvalue weighted by Crippen LogP contribution is -2.31. The Hall–Kier alpha value is -2.35. The van der Waals surface area contributed by atoms with Gasteiger partial charge in [-0.2, -0.15) is 0 Å². The first-order valence-corrected chi connectivity index (χ1v) is 10.4. The van der Waals surface area contributed by atoms with Gasteiger partial charge in [-0.25, -0.2) is 9.37 Å². The fourth-order valence-corrected chi connectivity index (χ4v) is 4.35. The van der Waals surface area contributed by atoms with E-state index in [1.807, 2.05) is 0 Å². The van der Waals surface area contributed by atoms with Gasteiger partial charge in [0.2, 0.25) is 5.91 Å². The van der Waals surface area contributed by atoms with Gasteiger partial charge in [-0.05, 0) is 29.3 Å². The molecule has 0 saturated carbocycles. The van der Waals surface area contributed by atoms with Crippen LogP contribution in [-0.4, -0.2) is 15.9 Å². The third kappa shape index (κ3) is 4.17. The molecule has 1 aliphatic rings. The number of fused-ring (bicyclic) bond motifs is 1. The van der Waals surface area contributed by atoms with Crippen LogP contribution >= 0.6 is 35.0 Å². The average molecular weight is 450 g/mol. The minimum absolute atomic E-state index is 0.0947. The van der Waals surface area contributed by atoms with E-state index in [9.17, 15) is 14.0 Å². The Kier molecular flexibility index (Phi) is 5.63. The van der Waals surface area contributed by atoms with Crippen molar-refractivity contribution in [3.05, 3.63) is 85.4 Å². The van der Waals surface area contributed by atoms with E-state index in [2.05, 4.69) is 15.3 Å². The maximum atomic E-state index is 13.8. The topological polar surface area (TPSA) is 74.8 Å². The molecule has 9 heteroatoms. The van der Waals surface area contributed by atoms with Crippen LogP contribution in [0.5, 0.6) is 0 Å². The van der Waals surface area contributed by atoms with Crippen molar-refractivity contribution in [3.63, 3.8) is 0 Å². The molecule has 0 aliphatic carbocycles. The summed E-state index contributed by atoms with van der Waals surface area (Å²) in [5.74, 6) is -0.573. The maximum Gasteiger partial charge on any atom is 0.257 e. The quantitative estimate of drug-likeness (QED) is 0.434. The average Bonchev–Trinajstić information content (AvgIpc) is 2.68. The van der Waals surface area contributed by atoms with Gasteiger partial charge in [0.25, 0.3) is 5.56 Å². The van der Waals surface area contributed by atoms with Crippen molar-refractivity contribution in [2.45, 2.75) is 23.2 Å². The summed E-state index contributed by atoms with van der Waals surface area (Å²) in [6, 6.07) is 11.4. The van der Waals surface area contributed by atoms with Gasteiger partial charge in [-0.1, -0.05) is 59.2 Å². The molecule has 0 spiro atoms. The fourth-order valence-electron chi connectivity index (χ4n) is 3.19. The van der Waals surface area contributed by atoms with Gasteiger partial charge >= 0.3 is 0 Å². The molecule has 5 nitrogen and oxygen atoms in total. The minimum atomic E-state index is -0.490. The highest BCUT2D eigenvalue weighted by atomic mass is 35.5. The van der Waals surface area contributed by atoms with E-state index in [1.165, 1.54) is 17.8 Å². The molecule has 29 heavy (non-hydrogen) atoms. The second-order valence-electron chi connectivity index (χ2n) is 6.49. The summed E-state index contributed by atoms with van der Waals surface area (Å²) >= 11 is 13.3. The smallest absolute Gasteiger partial charge is 0.257 e. The second-order valence-corrected chi connectivity index (χ2v) is 8.27. The molecule has 2 heterocycles. The number of nitrogens with one attached hydrogen (secondary N) is 2. The molecule has 3 aromatic rings. The number of halogens is 3. The SMILES string of the molecule is O=C1CC(c2ccc(Cl)c(Cl)c2)c2c(nc(SCc3ccccc3F)[nH]c2=O)N1. The number of hydrogen-bond acceptors (Lipinski definition) is 4. The van der Waals surface area contributed by atoms with Gasteiger partial charge in [-0.15, -0.1) is 0 Å². The first kappa shape index (κ1) is 19.9. The van der Waals surface area contributed by atoms with E-state index in [-0.39, 0.29) is 29.5 Å². The summed E-state index contributed by atoms with van der Waals surface area (Å²) in [6.07, 6.45) is 0.0947. The molecule has 148 valence electrons. The molecule has 1 amide bonds. The molecular formula is C20H14Cl2FN3O2S. The van der Waals surface area contributed by atoms with E-state index >= 15 is 0 Å². The van der Waals surface area contributed by atoms with E-state index in [1.54, 1.807) is 36.4 Å². The molecule has 2 N–H and O–H groups in total. The zero-order valence-corrected chi connectivity index (χ0v) is 17.2. The molecule has 0 fully saturated rings. The van der Waals surface area contributed by atoms with Crippen molar-refractivity contribution in [3.8, 4) is 0 Å². The van der Waals surface area contributed by atoms with E-state index in [0.717, 1.165) is 0 Å². The molecule has 0 bridgehead atoms. The molecule has 1 unspecified atom stereocenters. The Labute approximate surface area is 179 Å². The summed E-state index contributed by atoms with van der Waals surface area (Å²) in [7, 11) is 0. The van der Waals surface area contributed by atoms with Gasteiger partial charge in [0, 0.05) is 18.1 Å². The Morgan fingerprint density at radius 3 is 2.69 bits per heavy atom. The molecule has 0 radical (unpaired) electrons. The van der Waals surface area contributed by atoms with Gasteiger partial charge in [0.05, 0.1) is 15.6 Å². The van der Waals surface area contributed by atoms with Crippen LogP contribution < -0.4 is 10.9 Å². The Morgan fingerprint density at radius 1 is 1.14 bits per heavy atom. The lowest BCUT2D eigenvalue weighted by atomic mass is 9.87. The number of aromatic amines is 1. The Balaban J connectivity index is 1.67. The standard InChI is InChI=1S/C20H14Cl2FN3O2S/c21-13-6-5-10(7-14(13)22)12-8-16(27)24-18-17(12)19(28)26-20(25-18)29-9-11-3-1-2-4-15(11)23/h1-7,12H,8-9H2,(H2,24,25,26,27,28). The summed E-state index contributed by atoms with van der Waals surface area (Å²) in [6.45, 7) is 0. The zero-order chi connectivity index (χ0) is 20.5. The van der Waals surface area contributed by atoms with Crippen LogP contribution in [0.4, 0.5) is 10.2 Å². The number of carbonyl (C=O) groups is 1. The number of amides is 1. The number of rotatable bonds is 4. The summed E-state index contributed by atoms with van der Waals surface area (Å²) in [5, 5.41) is 3.70. The van der Waals surface area contributed by atoms with Gasteiger partial charge in [-0.3, -0.25) is 9.59 Å². The van der Waals surface area contributed by atoms with Gasteiger partial charge in [0.1, 0.15) is 11.6 Å². The van der Waals surface area contributed by atoms with Gasteiger partial charge in [0.15, 0.2) is 5.16 Å². The lowest BCUT2D eigenvalue weighted by molar-refractivity contribution is -0.116. The number of nitrogens with zero attached hydrogens (tertiary/aromatic N) is 1. The molecule has 0 saturated heterocycles. The van der Waals surface area contributed by atoms with Crippen molar-refractivity contribution < 1.29 is 9.18 Å². The number of benzene rings is 2. The monoisotopic (exact) mass is 449 g/mol. The number of hydrogen-bond donors (Lipinski definition) is 2. The van der Waals surface area contributed by atoms with Crippen LogP contribution in [0.15, 0.2) is 52.4 Å². The predicted molar refractivity (Wildman–Crippen MR) is 112 cm³/mol. The summed E-state index contributed by atoms with van der Waals surface area (Å²) < 4.78 is 13.8. The highest BCUT2D eigenvalue weighted by molar-refractivity contribution is 7.98. The molecule has 1 atom stereocenters. The van der Waals surface area contributed by atoms with Crippen molar-refractivity contribution in [2.75, 3.05) is 5.32 Å². The van der Waals surface area contributed by atoms with Crippen molar-refractivity contribution in [1.82, 2.24) is 9.97 Å². The van der Waals surface area contributed by atoms with Crippen molar-refractivity contribution >= 4 is 46.7 Å². The fraction of sp³-hybridized carbons (Fsp3) is 0.150. The Morgan fingerprint density at radius 2 is 1.93 bits per heavy atom. The number of H-pyrrole nitrogens is 1. The van der Waals surface area contributed by atoms with Crippen LogP contribution in [0.2, 0.25) is 10.0 Å². The second kappa shape index (κ2) is 8.18. The zero-order valence-electron chi connectivity index (χ0n) is 14.8. The minimum Gasteiger partial charge on any atom is -0.310 e. The lowest BCUT2D eigenvalue weighted by Gasteiger charge is -2.24.